The molecule has 5 heteroatoms. The standard InChI is InChI=1S/C9H15N3OS/c1-11-4-5-13-8(6-11)7-12-3-2-10-9(12)14/h2-3,8H,4-7H2,1H3,(H,10,14). The molecule has 14 heavy (non-hydrogen) atoms. The first kappa shape index (κ1) is 9.89. The molecule has 78 valence electrons. The normalized spacial score (nSPS) is 23.9. The van der Waals surface area contributed by atoms with Crippen molar-refractivity contribution in [2.24, 2.45) is 0 Å². The van der Waals surface area contributed by atoms with Crippen LogP contribution in [0.5, 0.6) is 0 Å². The van der Waals surface area contributed by atoms with Crippen LogP contribution in [0.15, 0.2) is 12.4 Å². The van der Waals surface area contributed by atoms with Crippen LogP contribution in [-0.4, -0.2) is 47.3 Å². The highest BCUT2D eigenvalue weighted by atomic mass is 32.1. The summed E-state index contributed by atoms with van der Waals surface area (Å²) in [5.74, 6) is 0. The van der Waals surface area contributed by atoms with Crippen molar-refractivity contribution in [1.29, 1.82) is 0 Å². The molecular formula is C9H15N3OS. The topological polar surface area (TPSA) is 33.2 Å². The minimum absolute atomic E-state index is 0.260. The minimum atomic E-state index is 0.260. The number of hydrogen-bond donors (Lipinski definition) is 1. The maximum atomic E-state index is 5.65. The van der Waals surface area contributed by atoms with Gasteiger partial charge in [0.25, 0.3) is 0 Å². The van der Waals surface area contributed by atoms with Gasteiger partial charge >= 0.3 is 0 Å². The van der Waals surface area contributed by atoms with Crippen LogP contribution in [0.2, 0.25) is 0 Å². The number of rotatable bonds is 2. The summed E-state index contributed by atoms with van der Waals surface area (Å²) < 4.78 is 8.43. The van der Waals surface area contributed by atoms with Crippen molar-refractivity contribution in [3.8, 4) is 0 Å². The van der Waals surface area contributed by atoms with E-state index in [0.29, 0.717) is 0 Å². The molecule has 0 saturated carbocycles. The number of aromatic amines is 1. The summed E-state index contributed by atoms with van der Waals surface area (Å²) in [6.45, 7) is 3.66. The second-order valence-electron chi connectivity index (χ2n) is 3.67. The molecule has 0 spiro atoms. The molecule has 1 aliphatic heterocycles. The lowest BCUT2D eigenvalue weighted by Crippen LogP contribution is -2.41. The van der Waals surface area contributed by atoms with Crippen LogP contribution in [0.4, 0.5) is 0 Å². The van der Waals surface area contributed by atoms with Crippen LogP contribution < -0.4 is 0 Å². The monoisotopic (exact) mass is 213 g/mol. The lowest BCUT2D eigenvalue weighted by molar-refractivity contribution is -0.0276. The Morgan fingerprint density at radius 2 is 2.57 bits per heavy atom. The van der Waals surface area contributed by atoms with Crippen molar-refractivity contribution in [3.63, 3.8) is 0 Å². The lowest BCUT2D eigenvalue weighted by Gasteiger charge is -2.30. The van der Waals surface area contributed by atoms with Crippen LogP contribution in [0, 0.1) is 4.77 Å². The Morgan fingerprint density at radius 1 is 1.71 bits per heavy atom. The molecule has 0 bridgehead atoms. The number of imidazole rings is 1. The van der Waals surface area contributed by atoms with Crippen LogP contribution in [-0.2, 0) is 11.3 Å². The van der Waals surface area contributed by atoms with Gasteiger partial charge < -0.3 is 19.2 Å². The van der Waals surface area contributed by atoms with Crippen LogP contribution >= 0.6 is 12.2 Å². The number of ether oxygens (including phenoxy) is 1. The molecule has 2 rings (SSSR count). The van der Waals surface area contributed by atoms with Crippen molar-refractivity contribution in [1.82, 2.24) is 14.5 Å². The van der Waals surface area contributed by atoms with E-state index in [-0.39, 0.29) is 6.10 Å². The number of nitrogens with one attached hydrogen (secondary N) is 1. The van der Waals surface area contributed by atoms with E-state index in [1.165, 1.54) is 0 Å². The first-order chi connectivity index (χ1) is 6.75. The molecule has 1 unspecified atom stereocenters. The Morgan fingerprint density at radius 3 is 3.21 bits per heavy atom. The summed E-state index contributed by atoms with van der Waals surface area (Å²) in [6.07, 6.45) is 4.08. The van der Waals surface area contributed by atoms with Gasteiger partial charge in [-0.25, -0.2) is 0 Å². The van der Waals surface area contributed by atoms with E-state index in [1.807, 2.05) is 17.0 Å². The maximum Gasteiger partial charge on any atom is 0.177 e. The van der Waals surface area contributed by atoms with Gasteiger partial charge in [-0.1, -0.05) is 0 Å². The third-order valence-electron chi connectivity index (χ3n) is 2.46. The summed E-state index contributed by atoms with van der Waals surface area (Å²) >= 11 is 5.12. The summed E-state index contributed by atoms with van der Waals surface area (Å²) in [5, 5.41) is 0. The number of aromatic nitrogens is 2. The molecule has 1 aromatic rings. The van der Waals surface area contributed by atoms with Gasteiger partial charge in [0.15, 0.2) is 4.77 Å². The zero-order chi connectivity index (χ0) is 9.97. The molecule has 2 heterocycles. The van der Waals surface area contributed by atoms with Gasteiger partial charge in [-0.3, -0.25) is 0 Å². The number of nitrogens with zero attached hydrogens (tertiary/aromatic N) is 2. The third kappa shape index (κ3) is 2.23. The number of H-pyrrole nitrogens is 1. The summed E-state index contributed by atoms with van der Waals surface area (Å²) in [5.41, 5.74) is 0. The van der Waals surface area contributed by atoms with E-state index in [2.05, 4.69) is 16.9 Å². The summed E-state index contributed by atoms with van der Waals surface area (Å²) in [6, 6.07) is 0. The largest absolute Gasteiger partial charge is 0.374 e. The smallest absolute Gasteiger partial charge is 0.177 e. The number of hydrogen-bond acceptors (Lipinski definition) is 3. The van der Waals surface area contributed by atoms with E-state index < -0.39 is 0 Å². The third-order valence-corrected chi connectivity index (χ3v) is 2.82. The molecule has 0 amide bonds. The maximum absolute atomic E-state index is 5.65. The van der Waals surface area contributed by atoms with Crippen LogP contribution in [0.25, 0.3) is 0 Å². The van der Waals surface area contributed by atoms with Gasteiger partial charge in [-0.2, -0.15) is 0 Å². The van der Waals surface area contributed by atoms with Crippen molar-refractivity contribution in [3.05, 3.63) is 17.2 Å². The average Bonchev–Trinajstić information content (AvgIpc) is 2.52. The Kier molecular flexibility index (Phi) is 3.00. The number of morpholine rings is 1. The van der Waals surface area contributed by atoms with Crippen molar-refractivity contribution < 1.29 is 4.74 Å². The van der Waals surface area contributed by atoms with Gasteiger partial charge in [0.2, 0.25) is 0 Å². The van der Waals surface area contributed by atoms with Crippen molar-refractivity contribution >= 4 is 12.2 Å². The zero-order valence-corrected chi connectivity index (χ0v) is 9.09. The highest BCUT2D eigenvalue weighted by Crippen LogP contribution is 2.06. The van der Waals surface area contributed by atoms with Crippen molar-refractivity contribution in [2.75, 3.05) is 26.7 Å². The van der Waals surface area contributed by atoms with E-state index >= 15 is 0 Å². The molecule has 1 saturated heterocycles. The minimum Gasteiger partial charge on any atom is -0.374 e. The fourth-order valence-electron chi connectivity index (χ4n) is 1.69. The van der Waals surface area contributed by atoms with E-state index in [0.717, 1.165) is 31.0 Å². The number of likely N-dealkylation sites (N-methyl/N-ethyl adjacent to an activating group) is 1. The Balaban J connectivity index is 1.97. The van der Waals surface area contributed by atoms with E-state index in [9.17, 15) is 0 Å². The van der Waals surface area contributed by atoms with E-state index in [4.69, 9.17) is 17.0 Å². The molecule has 4 nitrogen and oxygen atoms in total. The predicted octanol–water partition coefficient (Wildman–Crippen LogP) is 0.876. The van der Waals surface area contributed by atoms with Crippen molar-refractivity contribution in [2.45, 2.75) is 12.6 Å². The van der Waals surface area contributed by atoms with Gasteiger partial charge in [0.1, 0.15) is 0 Å². The highest BCUT2D eigenvalue weighted by molar-refractivity contribution is 7.71. The second kappa shape index (κ2) is 4.25. The molecule has 1 aliphatic rings. The molecular weight excluding hydrogens is 198 g/mol. The fourth-order valence-corrected chi connectivity index (χ4v) is 1.89. The Labute approximate surface area is 88.5 Å². The fraction of sp³-hybridized carbons (Fsp3) is 0.667. The molecule has 1 aromatic heterocycles. The molecule has 1 fully saturated rings. The summed E-state index contributed by atoms with van der Waals surface area (Å²) in [7, 11) is 2.12. The van der Waals surface area contributed by atoms with Gasteiger partial charge in [-0.05, 0) is 19.3 Å². The molecule has 0 aliphatic carbocycles. The molecule has 0 aromatic carbocycles. The Hall–Kier alpha value is -0.650. The van der Waals surface area contributed by atoms with Crippen LogP contribution in [0.3, 0.4) is 0 Å². The van der Waals surface area contributed by atoms with Gasteiger partial charge in [0.05, 0.1) is 19.3 Å². The molecule has 1 atom stereocenters. The van der Waals surface area contributed by atoms with Gasteiger partial charge in [0, 0.05) is 25.5 Å². The van der Waals surface area contributed by atoms with Crippen LogP contribution in [0.1, 0.15) is 0 Å². The average molecular weight is 213 g/mol. The van der Waals surface area contributed by atoms with Gasteiger partial charge in [-0.15, -0.1) is 0 Å². The second-order valence-corrected chi connectivity index (χ2v) is 4.06. The SMILES string of the molecule is CN1CCOC(Cn2cc[nH]c2=S)C1. The first-order valence-corrected chi connectivity index (χ1v) is 5.20. The quantitative estimate of drug-likeness (QED) is 0.740. The zero-order valence-electron chi connectivity index (χ0n) is 8.27. The molecule has 1 N–H and O–H groups in total. The first-order valence-electron chi connectivity index (χ1n) is 4.79. The lowest BCUT2D eigenvalue weighted by atomic mass is 10.3. The Bertz CT molecular complexity index is 346. The molecule has 0 radical (unpaired) electrons. The summed E-state index contributed by atoms with van der Waals surface area (Å²) in [4.78, 5) is 5.26. The van der Waals surface area contributed by atoms with E-state index in [1.54, 1.807) is 0 Å². The predicted molar refractivity (Wildman–Crippen MR) is 56.9 cm³/mol. The highest BCUT2D eigenvalue weighted by Gasteiger charge is 2.17.